The fourth-order valence-electron chi connectivity index (χ4n) is 0.625. The van der Waals surface area contributed by atoms with E-state index in [1.807, 2.05) is 0 Å². The van der Waals surface area contributed by atoms with Gasteiger partial charge in [-0.05, 0) is 0 Å². The Labute approximate surface area is 68.8 Å². The first kappa shape index (κ1) is 11.7. The van der Waals surface area contributed by atoms with Crippen molar-refractivity contribution in [2.24, 2.45) is 0 Å². The Morgan fingerprint density at radius 2 is 1.92 bits per heavy atom. The van der Waals surface area contributed by atoms with Crippen LogP contribution in [0.3, 0.4) is 0 Å². The van der Waals surface area contributed by atoms with Crippen molar-refractivity contribution in [3.8, 4) is 0 Å². The number of methoxy groups -OCH3 is 2. The van der Waals surface area contributed by atoms with Gasteiger partial charge in [-0.2, -0.15) is 13.2 Å². The van der Waals surface area contributed by atoms with Crippen molar-refractivity contribution < 1.29 is 22.6 Å². The summed E-state index contributed by atoms with van der Waals surface area (Å²) < 4.78 is 44.5. The highest BCUT2D eigenvalue weighted by atomic mass is 19.4. The average molecular weight is 187 g/mol. The lowest BCUT2D eigenvalue weighted by Crippen LogP contribution is -2.44. The number of hydrogen-bond donors (Lipinski definition) is 1. The molecule has 0 rings (SSSR count). The molecule has 0 aliphatic carbocycles. The minimum absolute atomic E-state index is 0.106. The van der Waals surface area contributed by atoms with E-state index in [1.165, 1.54) is 7.11 Å². The molecule has 0 aromatic rings. The fourth-order valence-corrected chi connectivity index (χ4v) is 0.625. The third kappa shape index (κ3) is 4.53. The summed E-state index contributed by atoms with van der Waals surface area (Å²) in [5.41, 5.74) is 0. The Balaban J connectivity index is 3.68. The van der Waals surface area contributed by atoms with E-state index in [-0.39, 0.29) is 13.2 Å². The SMILES string of the molecule is COCCNC(OC)C(F)(F)F. The van der Waals surface area contributed by atoms with Gasteiger partial charge in [-0.15, -0.1) is 0 Å². The number of nitrogens with one attached hydrogen (secondary N) is 1. The highest BCUT2D eigenvalue weighted by Crippen LogP contribution is 2.19. The number of halogens is 3. The van der Waals surface area contributed by atoms with Crippen LogP contribution in [-0.4, -0.2) is 39.8 Å². The van der Waals surface area contributed by atoms with Gasteiger partial charge >= 0.3 is 6.18 Å². The van der Waals surface area contributed by atoms with Crippen molar-refractivity contribution in [1.29, 1.82) is 0 Å². The molecule has 0 saturated heterocycles. The Morgan fingerprint density at radius 1 is 1.33 bits per heavy atom. The summed E-state index contributed by atoms with van der Waals surface area (Å²) in [6.07, 6.45) is -6.28. The van der Waals surface area contributed by atoms with Gasteiger partial charge in [-0.1, -0.05) is 0 Å². The lowest BCUT2D eigenvalue weighted by Gasteiger charge is -2.19. The van der Waals surface area contributed by atoms with Crippen LogP contribution >= 0.6 is 0 Å². The lowest BCUT2D eigenvalue weighted by molar-refractivity contribution is -0.222. The van der Waals surface area contributed by atoms with Gasteiger partial charge in [-0.25, -0.2) is 0 Å². The molecule has 3 nitrogen and oxygen atoms in total. The second-order valence-electron chi connectivity index (χ2n) is 2.10. The Morgan fingerprint density at radius 3 is 2.25 bits per heavy atom. The number of hydrogen-bond acceptors (Lipinski definition) is 3. The maximum Gasteiger partial charge on any atom is 0.428 e. The smallest absolute Gasteiger partial charge is 0.383 e. The van der Waals surface area contributed by atoms with E-state index >= 15 is 0 Å². The van der Waals surface area contributed by atoms with E-state index in [1.54, 1.807) is 0 Å². The van der Waals surface area contributed by atoms with Gasteiger partial charge in [-0.3, -0.25) is 5.32 Å². The van der Waals surface area contributed by atoms with Crippen molar-refractivity contribution >= 4 is 0 Å². The molecule has 1 atom stereocenters. The molecule has 1 unspecified atom stereocenters. The summed E-state index contributed by atoms with van der Waals surface area (Å²) in [6.45, 7) is 0.324. The zero-order valence-electron chi connectivity index (χ0n) is 6.94. The van der Waals surface area contributed by atoms with Gasteiger partial charge < -0.3 is 9.47 Å². The predicted molar refractivity (Wildman–Crippen MR) is 36.7 cm³/mol. The molecular formula is C6H12F3NO2. The fraction of sp³-hybridized carbons (Fsp3) is 1.00. The van der Waals surface area contributed by atoms with Crippen LogP contribution < -0.4 is 5.32 Å². The molecule has 0 amide bonds. The maximum absolute atomic E-state index is 11.9. The molecule has 0 saturated carbocycles. The highest BCUT2D eigenvalue weighted by molar-refractivity contribution is 4.63. The van der Waals surface area contributed by atoms with Crippen LogP contribution in [0.25, 0.3) is 0 Å². The average Bonchev–Trinajstić information content (AvgIpc) is 1.95. The third-order valence-electron chi connectivity index (χ3n) is 1.17. The van der Waals surface area contributed by atoms with Crippen molar-refractivity contribution in [2.75, 3.05) is 27.4 Å². The normalized spacial score (nSPS) is 14.8. The summed E-state index contributed by atoms with van der Waals surface area (Å²) in [5, 5.41) is 2.14. The zero-order chi connectivity index (χ0) is 9.61. The van der Waals surface area contributed by atoms with Crippen LogP contribution in [0.4, 0.5) is 13.2 Å². The van der Waals surface area contributed by atoms with Gasteiger partial charge in [0, 0.05) is 20.8 Å². The molecule has 0 radical (unpaired) electrons. The van der Waals surface area contributed by atoms with Gasteiger partial charge in [0.05, 0.1) is 6.61 Å². The first-order valence-electron chi connectivity index (χ1n) is 3.34. The molecule has 0 aromatic carbocycles. The van der Waals surface area contributed by atoms with E-state index in [9.17, 15) is 13.2 Å². The van der Waals surface area contributed by atoms with Gasteiger partial charge in [0.25, 0.3) is 0 Å². The number of ether oxygens (including phenoxy) is 2. The highest BCUT2D eigenvalue weighted by Gasteiger charge is 2.39. The van der Waals surface area contributed by atoms with Crippen molar-refractivity contribution in [1.82, 2.24) is 5.32 Å². The van der Waals surface area contributed by atoms with Crippen LogP contribution in [0.5, 0.6) is 0 Å². The van der Waals surface area contributed by atoms with Crippen LogP contribution in [0.1, 0.15) is 0 Å². The van der Waals surface area contributed by atoms with Crippen LogP contribution in [0.2, 0.25) is 0 Å². The third-order valence-corrected chi connectivity index (χ3v) is 1.17. The molecule has 0 aromatic heterocycles. The standard InChI is InChI=1S/C6H12F3NO2/c1-11-4-3-10-5(12-2)6(7,8)9/h5,10H,3-4H2,1-2H3. The molecule has 74 valence electrons. The molecule has 0 aliphatic heterocycles. The summed E-state index contributed by atoms with van der Waals surface area (Å²) in [4.78, 5) is 0. The van der Waals surface area contributed by atoms with E-state index in [0.29, 0.717) is 0 Å². The second-order valence-corrected chi connectivity index (χ2v) is 2.10. The molecule has 1 N–H and O–H groups in total. The number of alkyl halides is 3. The Hall–Kier alpha value is -0.330. The van der Waals surface area contributed by atoms with E-state index in [2.05, 4.69) is 14.8 Å². The van der Waals surface area contributed by atoms with E-state index in [0.717, 1.165) is 7.11 Å². The molecular weight excluding hydrogens is 175 g/mol. The predicted octanol–water partition coefficient (Wildman–Crippen LogP) is 0.757. The number of rotatable bonds is 5. The first-order chi connectivity index (χ1) is 5.52. The lowest BCUT2D eigenvalue weighted by atomic mass is 10.5. The van der Waals surface area contributed by atoms with Crippen molar-refractivity contribution in [3.05, 3.63) is 0 Å². The summed E-state index contributed by atoms with van der Waals surface area (Å²) in [6, 6.07) is 0. The minimum atomic E-state index is -4.37. The molecule has 0 bridgehead atoms. The molecule has 12 heavy (non-hydrogen) atoms. The molecule has 0 heterocycles. The molecule has 0 fully saturated rings. The Kier molecular flexibility index (Phi) is 5.19. The van der Waals surface area contributed by atoms with E-state index < -0.39 is 12.4 Å². The monoisotopic (exact) mass is 187 g/mol. The molecule has 6 heteroatoms. The summed E-state index contributed by atoms with van der Waals surface area (Å²) in [5.74, 6) is 0. The zero-order valence-corrected chi connectivity index (χ0v) is 6.94. The van der Waals surface area contributed by atoms with Gasteiger partial charge in [0.15, 0.2) is 0 Å². The van der Waals surface area contributed by atoms with Crippen LogP contribution in [-0.2, 0) is 9.47 Å². The molecule has 0 spiro atoms. The molecule has 0 aliphatic rings. The van der Waals surface area contributed by atoms with Crippen LogP contribution in [0.15, 0.2) is 0 Å². The quantitative estimate of drug-likeness (QED) is 0.509. The summed E-state index contributed by atoms with van der Waals surface area (Å²) in [7, 11) is 2.41. The van der Waals surface area contributed by atoms with Crippen molar-refractivity contribution in [2.45, 2.75) is 12.4 Å². The Bertz CT molecular complexity index is 118. The first-order valence-corrected chi connectivity index (χ1v) is 3.34. The summed E-state index contributed by atoms with van der Waals surface area (Å²) >= 11 is 0. The van der Waals surface area contributed by atoms with Gasteiger partial charge in [0.2, 0.25) is 6.23 Å². The topological polar surface area (TPSA) is 30.5 Å². The second kappa shape index (κ2) is 5.34. The van der Waals surface area contributed by atoms with E-state index in [4.69, 9.17) is 0 Å². The van der Waals surface area contributed by atoms with Gasteiger partial charge in [0.1, 0.15) is 0 Å². The van der Waals surface area contributed by atoms with Crippen molar-refractivity contribution in [3.63, 3.8) is 0 Å². The maximum atomic E-state index is 11.9. The largest absolute Gasteiger partial charge is 0.428 e. The van der Waals surface area contributed by atoms with Crippen LogP contribution in [0, 0.1) is 0 Å². The minimum Gasteiger partial charge on any atom is -0.383 e.